The molecule has 1 unspecified atom stereocenters. The van der Waals surface area contributed by atoms with Gasteiger partial charge < -0.3 is 5.32 Å². The highest BCUT2D eigenvalue weighted by Gasteiger charge is 2.30. The second-order valence-corrected chi connectivity index (χ2v) is 7.36. The van der Waals surface area contributed by atoms with Crippen LogP contribution in [-0.4, -0.2) is 20.4 Å². The van der Waals surface area contributed by atoms with Gasteiger partial charge >= 0.3 is 0 Å². The minimum atomic E-state index is -4.23. The number of benzene rings is 1. The van der Waals surface area contributed by atoms with Crippen LogP contribution < -0.4 is 10.5 Å². The maximum Gasteiger partial charge on any atom is 0.254 e. The number of primary sulfonamides is 1. The van der Waals surface area contributed by atoms with Gasteiger partial charge in [-0.15, -0.1) is 0 Å². The van der Waals surface area contributed by atoms with Gasteiger partial charge in [-0.25, -0.2) is 17.9 Å². The topological polar surface area (TPSA) is 89.3 Å². The Morgan fingerprint density at radius 2 is 2.10 bits per heavy atom. The lowest BCUT2D eigenvalue weighted by Crippen LogP contribution is -2.34. The molecule has 1 amide bonds. The van der Waals surface area contributed by atoms with Gasteiger partial charge in [0.15, 0.2) is 5.82 Å². The first-order valence-corrected chi connectivity index (χ1v) is 8.37. The summed E-state index contributed by atoms with van der Waals surface area (Å²) >= 11 is 3.05. The summed E-state index contributed by atoms with van der Waals surface area (Å²) in [5, 5.41) is 7.60. The predicted octanol–water partition coefficient (Wildman–Crippen LogP) is 1.76. The molecular formula is C12H14BrFN2O3S. The van der Waals surface area contributed by atoms with Crippen molar-refractivity contribution in [3.8, 4) is 0 Å². The van der Waals surface area contributed by atoms with Crippen molar-refractivity contribution in [2.24, 2.45) is 11.1 Å². The van der Waals surface area contributed by atoms with Crippen LogP contribution in [0.1, 0.15) is 30.1 Å². The molecule has 0 aliphatic heterocycles. The number of hydrogen-bond donors (Lipinski definition) is 2. The first-order chi connectivity index (χ1) is 9.20. The first-order valence-electron chi connectivity index (χ1n) is 6.03. The monoisotopic (exact) mass is 364 g/mol. The van der Waals surface area contributed by atoms with Gasteiger partial charge in [-0.05, 0) is 37.8 Å². The first kappa shape index (κ1) is 15.4. The Bertz CT molecular complexity index is 659. The van der Waals surface area contributed by atoms with Crippen molar-refractivity contribution in [3.63, 3.8) is 0 Å². The fourth-order valence-corrected chi connectivity index (χ4v) is 3.20. The van der Waals surface area contributed by atoms with Crippen molar-refractivity contribution < 1.29 is 17.6 Å². The number of hydrogen-bond acceptors (Lipinski definition) is 3. The molecule has 1 aliphatic rings. The highest BCUT2D eigenvalue weighted by molar-refractivity contribution is 9.10. The number of carbonyl (C=O) groups is 1. The number of carbonyl (C=O) groups excluding carboxylic acids is 1. The Kier molecular flexibility index (Phi) is 4.17. The quantitative estimate of drug-likeness (QED) is 0.852. The third-order valence-electron chi connectivity index (χ3n) is 3.24. The minimum Gasteiger partial charge on any atom is -0.349 e. The third-order valence-corrected chi connectivity index (χ3v) is 4.61. The molecule has 0 bridgehead atoms. The molecule has 0 saturated heterocycles. The summed E-state index contributed by atoms with van der Waals surface area (Å²) in [6, 6.07) is 2.20. The summed E-state index contributed by atoms with van der Waals surface area (Å²) in [7, 11) is -4.23. The van der Waals surface area contributed by atoms with Gasteiger partial charge in [-0.3, -0.25) is 4.79 Å². The predicted molar refractivity (Wildman–Crippen MR) is 75.1 cm³/mol. The van der Waals surface area contributed by atoms with Crippen LogP contribution in [0.25, 0.3) is 0 Å². The summed E-state index contributed by atoms with van der Waals surface area (Å²) in [6.45, 7) is 1.84. The Labute approximate surface area is 124 Å². The van der Waals surface area contributed by atoms with Gasteiger partial charge in [0.2, 0.25) is 10.0 Å². The fraction of sp³-hybridized carbons (Fsp3) is 0.417. The number of nitrogens with one attached hydrogen (secondary N) is 1. The summed E-state index contributed by atoms with van der Waals surface area (Å²) < 4.78 is 37.0. The van der Waals surface area contributed by atoms with E-state index < -0.39 is 26.6 Å². The molecule has 20 heavy (non-hydrogen) atoms. The minimum absolute atomic E-state index is 0.0705. The Morgan fingerprint density at radius 3 is 2.60 bits per heavy atom. The molecule has 0 heterocycles. The van der Waals surface area contributed by atoms with Crippen LogP contribution in [0.2, 0.25) is 0 Å². The van der Waals surface area contributed by atoms with Gasteiger partial charge in [0.1, 0.15) is 4.90 Å². The maximum atomic E-state index is 14.1. The van der Waals surface area contributed by atoms with Crippen LogP contribution in [0.5, 0.6) is 0 Å². The van der Waals surface area contributed by atoms with Crippen molar-refractivity contribution in [3.05, 3.63) is 28.0 Å². The Morgan fingerprint density at radius 1 is 1.50 bits per heavy atom. The molecule has 110 valence electrons. The molecule has 1 atom stereocenters. The zero-order valence-electron chi connectivity index (χ0n) is 10.7. The van der Waals surface area contributed by atoms with E-state index in [2.05, 4.69) is 21.2 Å². The average molecular weight is 365 g/mol. The molecule has 2 rings (SSSR count). The molecule has 8 heteroatoms. The molecule has 0 aromatic heterocycles. The number of nitrogens with two attached hydrogens (primary N) is 1. The smallest absolute Gasteiger partial charge is 0.254 e. The second-order valence-electron chi connectivity index (χ2n) is 4.91. The van der Waals surface area contributed by atoms with Gasteiger partial charge in [-0.2, -0.15) is 0 Å². The van der Waals surface area contributed by atoms with E-state index in [1.54, 1.807) is 0 Å². The number of sulfonamides is 1. The Balaban J connectivity index is 2.35. The van der Waals surface area contributed by atoms with Crippen LogP contribution >= 0.6 is 15.9 Å². The number of rotatable bonds is 4. The highest BCUT2D eigenvalue weighted by atomic mass is 79.9. The zero-order valence-corrected chi connectivity index (χ0v) is 13.1. The van der Waals surface area contributed by atoms with Crippen molar-refractivity contribution in [1.82, 2.24) is 5.32 Å². The lowest BCUT2D eigenvalue weighted by Gasteiger charge is -2.14. The van der Waals surface area contributed by atoms with Crippen molar-refractivity contribution in [2.75, 3.05) is 0 Å². The summed E-state index contributed by atoms with van der Waals surface area (Å²) in [4.78, 5) is 11.3. The van der Waals surface area contributed by atoms with E-state index in [0.717, 1.165) is 18.9 Å². The standard InChI is InChI=1S/C12H14BrFN2O3S/c1-6(7-2-3-7)16-12(17)9-4-8(13)5-10(11(9)14)20(15,18)19/h4-7H,2-3H2,1H3,(H,16,17)(H2,15,18,19). The molecular weight excluding hydrogens is 351 g/mol. The van der Waals surface area contributed by atoms with Crippen molar-refractivity contribution in [1.29, 1.82) is 0 Å². The van der Waals surface area contributed by atoms with Crippen LogP contribution in [0.4, 0.5) is 4.39 Å². The van der Waals surface area contributed by atoms with Crippen molar-refractivity contribution in [2.45, 2.75) is 30.7 Å². The van der Waals surface area contributed by atoms with E-state index in [1.165, 1.54) is 6.07 Å². The molecule has 1 aliphatic carbocycles. The van der Waals surface area contributed by atoms with Gasteiger partial charge in [0.05, 0.1) is 5.56 Å². The molecule has 1 aromatic rings. The van der Waals surface area contributed by atoms with E-state index in [-0.39, 0.29) is 16.1 Å². The molecule has 0 spiro atoms. The average Bonchev–Trinajstić information content (AvgIpc) is 3.13. The van der Waals surface area contributed by atoms with Crippen LogP contribution in [-0.2, 0) is 10.0 Å². The summed E-state index contributed by atoms with van der Waals surface area (Å²) in [5.74, 6) is -1.36. The molecule has 5 nitrogen and oxygen atoms in total. The molecule has 3 N–H and O–H groups in total. The number of amides is 1. The second kappa shape index (κ2) is 5.42. The van der Waals surface area contributed by atoms with E-state index in [4.69, 9.17) is 5.14 Å². The normalized spacial score (nSPS) is 16.8. The largest absolute Gasteiger partial charge is 0.349 e. The molecule has 1 fully saturated rings. The van der Waals surface area contributed by atoms with E-state index in [1.807, 2.05) is 6.92 Å². The molecule has 0 radical (unpaired) electrons. The van der Waals surface area contributed by atoms with Gasteiger partial charge in [-0.1, -0.05) is 15.9 Å². The lowest BCUT2D eigenvalue weighted by molar-refractivity contribution is 0.0931. The van der Waals surface area contributed by atoms with Gasteiger partial charge in [0.25, 0.3) is 5.91 Å². The van der Waals surface area contributed by atoms with E-state index in [0.29, 0.717) is 5.92 Å². The van der Waals surface area contributed by atoms with E-state index >= 15 is 0 Å². The third kappa shape index (κ3) is 3.36. The van der Waals surface area contributed by atoms with E-state index in [9.17, 15) is 17.6 Å². The summed E-state index contributed by atoms with van der Waals surface area (Å²) in [5.41, 5.74) is -0.337. The molecule has 1 saturated carbocycles. The Hall–Kier alpha value is -0.990. The van der Waals surface area contributed by atoms with Crippen LogP contribution in [0.15, 0.2) is 21.5 Å². The highest BCUT2D eigenvalue weighted by Crippen LogP contribution is 2.32. The van der Waals surface area contributed by atoms with Gasteiger partial charge in [0, 0.05) is 10.5 Å². The number of halogens is 2. The zero-order chi connectivity index (χ0) is 15.1. The summed E-state index contributed by atoms with van der Waals surface area (Å²) in [6.07, 6.45) is 2.07. The maximum absolute atomic E-state index is 14.1. The lowest BCUT2D eigenvalue weighted by atomic mass is 10.1. The van der Waals surface area contributed by atoms with Crippen LogP contribution in [0.3, 0.4) is 0 Å². The fourth-order valence-electron chi connectivity index (χ4n) is 1.94. The van der Waals surface area contributed by atoms with Crippen LogP contribution in [0, 0.1) is 11.7 Å². The molecule has 1 aromatic carbocycles. The SMILES string of the molecule is CC(NC(=O)c1cc(Br)cc(S(N)(=O)=O)c1F)C1CC1. The van der Waals surface area contributed by atoms with Crippen molar-refractivity contribution >= 4 is 31.9 Å².